The smallest absolute Gasteiger partial charge is 0.331 e. The van der Waals surface area contributed by atoms with Gasteiger partial charge in [-0.25, -0.2) is 9.78 Å². The van der Waals surface area contributed by atoms with Crippen LogP contribution >= 0.6 is 11.6 Å². The number of hydrogen-bond acceptors (Lipinski definition) is 5. The number of halogens is 1. The van der Waals surface area contributed by atoms with E-state index in [9.17, 15) is 14.9 Å². The number of esters is 1. The first-order valence-electron chi connectivity index (χ1n) is 7.26. The summed E-state index contributed by atoms with van der Waals surface area (Å²) in [6.07, 6.45) is 4.47. The van der Waals surface area contributed by atoms with E-state index in [1.807, 2.05) is 12.1 Å². The van der Waals surface area contributed by atoms with E-state index in [-0.39, 0.29) is 17.4 Å². The minimum atomic E-state index is -0.639. The number of benzene rings is 1. The van der Waals surface area contributed by atoms with Gasteiger partial charge >= 0.3 is 5.97 Å². The quantitative estimate of drug-likeness (QED) is 0.301. The van der Waals surface area contributed by atoms with Gasteiger partial charge in [-0.05, 0) is 24.3 Å². The molecule has 3 aromatic rings. The van der Waals surface area contributed by atoms with Gasteiger partial charge in [0.05, 0.1) is 16.2 Å². The van der Waals surface area contributed by atoms with Crippen molar-refractivity contribution in [3.05, 3.63) is 81.3 Å². The average molecular weight is 358 g/mol. The van der Waals surface area contributed by atoms with Crippen molar-refractivity contribution in [2.45, 2.75) is 6.61 Å². The van der Waals surface area contributed by atoms with Crippen LogP contribution in [0.2, 0.25) is 5.15 Å². The zero-order valence-electron chi connectivity index (χ0n) is 12.8. The van der Waals surface area contributed by atoms with Crippen LogP contribution in [0.4, 0.5) is 5.69 Å². The first kappa shape index (κ1) is 16.7. The highest BCUT2D eigenvalue weighted by atomic mass is 35.5. The maximum Gasteiger partial charge on any atom is 0.331 e. The number of nitro benzene ring substituents is 1. The number of imidazole rings is 1. The molecule has 0 atom stereocenters. The van der Waals surface area contributed by atoms with Crippen molar-refractivity contribution >= 4 is 35.0 Å². The van der Waals surface area contributed by atoms with Crippen LogP contribution in [-0.2, 0) is 16.1 Å². The van der Waals surface area contributed by atoms with E-state index < -0.39 is 10.9 Å². The molecule has 126 valence electrons. The van der Waals surface area contributed by atoms with Crippen LogP contribution in [0, 0.1) is 10.1 Å². The summed E-state index contributed by atoms with van der Waals surface area (Å²) in [7, 11) is 0. The molecular formula is C17H12ClN3O4. The molecule has 3 rings (SSSR count). The van der Waals surface area contributed by atoms with Crippen molar-refractivity contribution in [3.8, 4) is 0 Å². The van der Waals surface area contributed by atoms with Gasteiger partial charge in [-0.2, -0.15) is 0 Å². The monoisotopic (exact) mass is 357 g/mol. The van der Waals surface area contributed by atoms with Gasteiger partial charge in [0.1, 0.15) is 12.3 Å². The van der Waals surface area contributed by atoms with Gasteiger partial charge in [-0.3, -0.25) is 14.5 Å². The Bertz CT molecular complexity index is 981. The second-order valence-electron chi connectivity index (χ2n) is 5.04. The third-order valence-electron chi connectivity index (χ3n) is 3.46. The van der Waals surface area contributed by atoms with E-state index in [4.69, 9.17) is 16.3 Å². The van der Waals surface area contributed by atoms with Gasteiger partial charge in [0, 0.05) is 18.3 Å². The van der Waals surface area contributed by atoms with Crippen molar-refractivity contribution in [1.29, 1.82) is 0 Å². The lowest BCUT2D eigenvalue weighted by atomic mass is 10.2. The lowest BCUT2D eigenvalue weighted by molar-refractivity contribution is -0.385. The van der Waals surface area contributed by atoms with E-state index in [2.05, 4.69) is 4.98 Å². The Labute approximate surface area is 147 Å². The van der Waals surface area contributed by atoms with E-state index in [1.54, 1.807) is 28.8 Å². The number of para-hydroxylation sites is 1. The molecule has 0 N–H and O–H groups in total. The van der Waals surface area contributed by atoms with Crippen LogP contribution in [0.25, 0.3) is 11.7 Å². The zero-order valence-corrected chi connectivity index (χ0v) is 13.6. The van der Waals surface area contributed by atoms with Crippen LogP contribution in [0.1, 0.15) is 11.3 Å². The number of carbonyl (C=O) groups is 1. The van der Waals surface area contributed by atoms with E-state index in [0.29, 0.717) is 16.9 Å². The molecule has 0 fully saturated rings. The zero-order chi connectivity index (χ0) is 17.8. The maximum atomic E-state index is 11.9. The van der Waals surface area contributed by atoms with Crippen LogP contribution in [-0.4, -0.2) is 20.3 Å². The molecule has 25 heavy (non-hydrogen) atoms. The summed E-state index contributed by atoms with van der Waals surface area (Å²) in [5.41, 5.74) is 1.42. The number of carbonyl (C=O) groups excluding carboxylic acids is 1. The molecule has 0 saturated heterocycles. The Morgan fingerprint density at radius 2 is 2.04 bits per heavy atom. The Kier molecular flexibility index (Phi) is 4.76. The lowest BCUT2D eigenvalue weighted by Gasteiger charge is -2.03. The van der Waals surface area contributed by atoms with E-state index >= 15 is 0 Å². The molecule has 0 spiro atoms. The lowest BCUT2D eigenvalue weighted by Crippen LogP contribution is -2.03. The first-order chi connectivity index (χ1) is 12.1. The molecule has 0 unspecified atom stereocenters. The second kappa shape index (κ2) is 7.14. The maximum absolute atomic E-state index is 11.9. The summed E-state index contributed by atoms with van der Waals surface area (Å²) in [4.78, 5) is 26.5. The van der Waals surface area contributed by atoms with Crippen LogP contribution in [0.5, 0.6) is 0 Å². The second-order valence-corrected chi connectivity index (χ2v) is 5.40. The molecule has 0 aliphatic heterocycles. The van der Waals surface area contributed by atoms with Crippen LogP contribution in [0.3, 0.4) is 0 Å². The van der Waals surface area contributed by atoms with Crippen molar-refractivity contribution in [2.75, 3.05) is 0 Å². The van der Waals surface area contributed by atoms with E-state index in [1.165, 1.54) is 24.3 Å². The van der Waals surface area contributed by atoms with Crippen molar-refractivity contribution in [1.82, 2.24) is 9.38 Å². The minimum absolute atomic E-state index is 0.0934. The van der Waals surface area contributed by atoms with Crippen molar-refractivity contribution in [2.24, 2.45) is 0 Å². The highest BCUT2D eigenvalue weighted by Gasteiger charge is 2.13. The molecule has 8 heteroatoms. The molecule has 2 aromatic heterocycles. The van der Waals surface area contributed by atoms with Gasteiger partial charge in [0.2, 0.25) is 0 Å². The van der Waals surface area contributed by atoms with Crippen LogP contribution < -0.4 is 0 Å². The molecular weight excluding hydrogens is 346 g/mol. The van der Waals surface area contributed by atoms with Gasteiger partial charge < -0.3 is 4.74 Å². The topological polar surface area (TPSA) is 86.7 Å². The largest absolute Gasteiger partial charge is 0.457 e. The number of rotatable bonds is 5. The summed E-state index contributed by atoms with van der Waals surface area (Å²) in [6.45, 7) is -0.193. The normalized spacial score (nSPS) is 11.1. The fourth-order valence-corrected chi connectivity index (χ4v) is 2.53. The van der Waals surface area contributed by atoms with Gasteiger partial charge in [0.25, 0.3) is 5.69 Å². The summed E-state index contributed by atoms with van der Waals surface area (Å²) in [5, 5.41) is 11.2. The molecule has 0 aliphatic carbocycles. The minimum Gasteiger partial charge on any atom is -0.457 e. The molecule has 1 aromatic carbocycles. The molecule has 7 nitrogen and oxygen atoms in total. The van der Waals surface area contributed by atoms with Crippen LogP contribution in [0.15, 0.2) is 54.7 Å². The Morgan fingerprint density at radius 1 is 1.28 bits per heavy atom. The number of nitrogens with zero attached hydrogens (tertiary/aromatic N) is 3. The first-order valence-corrected chi connectivity index (χ1v) is 7.64. The summed E-state index contributed by atoms with van der Waals surface area (Å²) < 4.78 is 6.80. The van der Waals surface area contributed by atoms with Gasteiger partial charge in [0.15, 0.2) is 5.15 Å². The number of aromatic nitrogens is 2. The third kappa shape index (κ3) is 3.67. The Balaban J connectivity index is 1.72. The molecule has 0 aliphatic rings. The average Bonchev–Trinajstić information content (AvgIpc) is 2.93. The van der Waals surface area contributed by atoms with Crippen molar-refractivity contribution < 1.29 is 14.5 Å². The number of ether oxygens (including phenoxy) is 1. The van der Waals surface area contributed by atoms with Gasteiger partial charge in [-0.15, -0.1) is 0 Å². The summed E-state index contributed by atoms with van der Waals surface area (Å²) in [6, 6.07) is 11.5. The predicted molar refractivity (Wildman–Crippen MR) is 92.1 cm³/mol. The molecule has 0 saturated carbocycles. The fourth-order valence-electron chi connectivity index (χ4n) is 2.29. The number of hydrogen-bond donors (Lipinski definition) is 0. The molecule has 2 heterocycles. The number of nitro groups is 1. The molecule has 0 bridgehead atoms. The number of fused-ring (bicyclic) bond motifs is 1. The third-order valence-corrected chi connectivity index (χ3v) is 3.74. The SMILES string of the molecule is O=C(C=Cc1c(Cl)nc2ccccn12)OCc1ccccc1[N+](=O)[O-]. The predicted octanol–water partition coefficient (Wildman–Crippen LogP) is 3.65. The Morgan fingerprint density at radius 3 is 2.84 bits per heavy atom. The molecule has 0 radical (unpaired) electrons. The number of pyridine rings is 1. The molecule has 0 amide bonds. The standard InChI is InChI=1S/C17H12ClN3O4/c18-17-14(20-10-4-3-7-15(20)19-17)8-9-16(22)25-11-12-5-1-2-6-13(12)21(23)24/h1-10H,11H2. The summed E-state index contributed by atoms with van der Waals surface area (Å²) >= 11 is 6.07. The fraction of sp³-hybridized carbons (Fsp3) is 0.0588. The van der Waals surface area contributed by atoms with E-state index in [0.717, 1.165) is 0 Å². The summed E-state index contributed by atoms with van der Waals surface area (Å²) in [5.74, 6) is -0.639. The van der Waals surface area contributed by atoms with Gasteiger partial charge in [-0.1, -0.05) is 29.8 Å². The highest BCUT2D eigenvalue weighted by molar-refractivity contribution is 6.31. The highest BCUT2D eigenvalue weighted by Crippen LogP contribution is 2.20. The van der Waals surface area contributed by atoms with Crippen molar-refractivity contribution in [3.63, 3.8) is 0 Å². The Hall–Kier alpha value is -3.19.